The molecule has 0 saturated heterocycles. The quantitative estimate of drug-likeness (QED) is 0.669. The van der Waals surface area contributed by atoms with E-state index in [-0.39, 0.29) is 10.6 Å². The highest BCUT2D eigenvalue weighted by Crippen LogP contribution is 2.38. The standard InChI is InChI=1S/C9H6Br2O/c10-5-1-2-6-7(3-5)8(11)4-9(6)12/h1-3,8H,4H2. The molecule has 62 valence electrons. The smallest absolute Gasteiger partial charge is 0.164 e. The summed E-state index contributed by atoms with van der Waals surface area (Å²) in [5.74, 6) is 0.236. The van der Waals surface area contributed by atoms with Crippen LogP contribution in [0.4, 0.5) is 0 Å². The van der Waals surface area contributed by atoms with E-state index in [0.717, 1.165) is 15.6 Å². The van der Waals surface area contributed by atoms with Gasteiger partial charge in [0, 0.05) is 21.3 Å². The summed E-state index contributed by atoms with van der Waals surface area (Å²) in [6.07, 6.45) is 0.589. The summed E-state index contributed by atoms with van der Waals surface area (Å²) < 4.78 is 1.03. The van der Waals surface area contributed by atoms with E-state index < -0.39 is 0 Å². The molecule has 0 saturated carbocycles. The summed E-state index contributed by atoms with van der Waals surface area (Å²) in [4.78, 5) is 11.5. The molecule has 2 rings (SSSR count). The first-order chi connectivity index (χ1) is 5.68. The van der Waals surface area contributed by atoms with Gasteiger partial charge in [0.15, 0.2) is 5.78 Å². The third-order valence-corrected chi connectivity index (χ3v) is 3.33. The molecule has 1 atom stereocenters. The topological polar surface area (TPSA) is 17.1 Å². The second kappa shape index (κ2) is 2.96. The van der Waals surface area contributed by atoms with E-state index >= 15 is 0 Å². The minimum absolute atomic E-state index is 0.206. The lowest BCUT2D eigenvalue weighted by Crippen LogP contribution is -1.89. The molecule has 0 N–H and O–H groups in total. The predicted molar refractivity (Wildman–Crippen MR) is 54.8 cm³/mol. The van der Waals surface area contributed by atoms with E-state index in [0.29, 0.717) is 6.42 Å². The molecule has 1 aromatic rings. The normalized spacial score (nSPS) is 21.2. The highest BCUT2D eigenvalue weighted by atomic mass is 79.9. The summed E-state index contributed by atoms with van der Waals surface area (Å²) in [5.41, 5.74) is 1.97. The molecular weight excluding hydrogens is 284 g/mol. The molecule has 1 aliphatic rings. The molecule has 0 bridgehead atoms. The fourth-order valence-electron chi connectivity index (χ4n) is 1.43. The number of alkyl halides is 1. The number of hydrogen-bond donors (Lipinski definition) is 0. The van der Waals surface area contributed by atoms with Crippen LogP contribution in [-0.4, -0.2) is 5.78 Å². The maximum Gasteiger partial charge on any atom is 0.164 e. The molecule has 0 heterocycles. The lowest BCUT2D eigenvalue weighted by atomic mass is 10.1. The molecule has 0 spiro atoms. The van der Waals surface area contributed by atoms with Gasteiger partial charge in [-0.3, -0.25) is 4.79 Å². The zero-order valence-electron chi connectivity index (χ0n) is 6.18. The lowest BCUT2D eigenvalue weighted by Gasteiger charge is -2.00. The minimum Gasteiger partial charge on any atom is -0.294 e. The van der Waals surface area contributed by atoms with E-state index in [1.54, 1.807) is 0 Å². The number of halogens is 2. The van der Waals surface area contributed by atoms with Gasteiger partial charge in [0.25, 0.3) is 0 Å². The third-order valence-electron chi connectivity index (χ3n) is 2.02. The molecular formula is C9H6Br2O. The van der Waals surface area contributed by atoms with Crippen LogP contribution in [0.25, 0.3) is 0 Å². The van der Waals surface area contributed by atoms with Crippen molar-refractivity contribution in [1.29, 1.82) is 0 Å². The number of hydrogen-bond acceptors (Lipinski definition) is 1. The molecule has 0 amide bonds. The number of benzene rings is 1. The Morgan fingerprint density at radius 2 is 2.17 bits per heavy atom. The predicted octanol–water partition coefficient (Wildman–Crippen LogP) is 3.47. The average molecular weight is 290 g/mol. The molecule has 0 aliphatic heterocycles. The van der Waals surface area contributed by atoms with Crippen LogP contribution < -0.4 is 0 Å². The Kier molecular flexibility index (Phi) is 2.09. The van der Waals surface area contributed by atoms with E-state index in [9.17, 15) is 4.79 Å². The highest BCUT2D eigenvalue weighted by molar-refractivity contribution is 9.10. The van der Waals surface area contributed by atoms with Crippen molar-refractivity contribution in [2.75, 3.05) is 0 Å². The second-order valence-corrected chi connectivity index (χ2v) is 4.85. The zero-order valence-corrected chi connectivity index (χ0v) is 9.35. The number of rotatable bonds is 0. The van der Waals surface area contributed by atoms with Crippen LogP contribution in [0.2, 0.25) is 0 Å². The molecule has 3 heteroatoms. The van der Waals surface area contributed by atoms with Crippen molar-refractivity contribution < 1.29 is 4.79 Å². The van der Waals surface area contributed by atoms with Crippen LogP contribution in [0.15, 0.2) is 22.7 Å². The van der Waals surface area contributed by atoms with Crippen molar-refractivity contribution in [1.82, 2.24) is 0 Å². The van der Waals surface area contributed by atoms with Crippen molar-refractivity contribution >= 4 is 37.6 Å². The van der Waals surface area contributed by atoms with Crippen LogP contribution in [0.3, 0.4) is 0 Å². The number of Topliss-reactive ketones (excluding diaryl/α,β-unsaturated/α-hetero) is 1. The van der Waals surface area contributed by atoms with Crippen LogP contribution in [0, 0.1) is 0 Å². The van der Waals surface area contributed by atoms with Crippen LogP contribution in [0.1, 0.15) is 27.2 Å². The first-order valence-electron chi connectivity index (χ1n) is 3.65. The summed E-state index contributed by atoms with van der Waals surface area (Å²) in [6.45, 7) is 0. The SMILES string of the molecule is O=C1CC(Br)c2cc(Br)ccc21. The Morgan fingerprint density at radius 3 is 2.92 bits per heavy atom. The fourth-order valence-corrected chi connectivity index (χ4v) is 2.48. The Hall–Kier alpha value is -0.150. The summed E-state index contributed by atoms with van der Waals surface area (Å²) in [5, 5.41) is 0. The van der Waals surface area contributed by atoms with Gasteiger partial charge in [-0.1, -0.05) is 31.9 Å². The average Bonchev–Trinajstić information content (AvgIpc) is 2.28. The van der Waals surface area contributed by atoms with Gasteiger partial charge < -0.3 is 0 Å². The lowest BCUT2D eigenvalue weighted by molar-refractivity contribution is 0.0994. The van der Waals surface area contributed by atoms with Gasteiger partial charge in [-0.25, -0.2) is 0 Å². The van der Waals surface area contributed by atoms with Gasteiger partial charge in [0.1, 0.15) is 0 Å². The molecule has 1 unspecified atom stereocenters. The molecule has 1 nitrogen and oxygen atoms in total. The summed E-state index contributed by atoms with van der Waals surface area (Å²) >= 11 is 6.85. The Labute approximate surface area is 87.4 Å². The van der Waals surface area contributed by atoms with Crippen molar-refractivity contribution in [2.45, 2.75) is 11.2 Å². The largest absolute Gasteiger partial charge is 0.294 e. The molecule has 0 fully saturated rings. The number of fused-ring (bicyclic) bond motifs is 1. The van der Waals surface area contributed by atoms with Gasteiger partial charge in [-0.05, 0) is 23.8 Å². The second-order valence-electron chi connectivity index (χ2n) is 2.83. The number of ketones is 1. The van der Waals surface area contributed by atoms with Crippen LogP contribution in [-0.2, 0) is 0 Å². The molecule has 1 aromatic carbocycles. The van der Waals surface area contributed by atoms with Crippen molar-refractivity contribution in [3.8, 4) is 0 Å². The summed E-state index contributed by atoms with van der Waals surface area (Å²) in [7, 11) is 0. The summed E-state index contributed by atoms with van der Waals surface area (Å²) in [6, 6.07) is 5.78. The van der Waals surface area contributed by atoms with Crippen molar-refractivity contribution in [3.05, 3.63) is 33.8 Å². The van der Waals surface area contributed by atoms with E-state index in [1.165, 1.54) is 0 Å². The maximum atomic E-state index is 11.3. The fraction of sp³-hybridized carbons (Fsp3) is 0.222. The van der Waals surface area contributed by atoms with E-state index in [1.807, 2.05) is 18.2 Å². The van der Waals surface area contributed by atoms with E-state index in [4.69, 9.17) is 0 Å². The van der Waals surface area contributed by atoms with Crippen LogP contribution in [0.5, 0.6) is 0 Å². The van der Waals surface area contributed by atoms with Gasteiger partial charge >= 0.3 is 0 Å². The van der Waals surface area contributed by atoms with Crippen LogP contribution >= 0.6 is 31.9 Å². The van der Waals surface area contributed by atoms with Gasteiger partial charge in [0.2, 0.25) is 0 Å². The first kappa shape index (κ1) is 8.45. The Balaban J connectivity index is 2.60. The molecule has 0 aromatic heterocycles. The first-order valence-corrected chi connectivity index (χ1v) is 5.36. The van der Waals surface area contributed by atoms with Crippen molar-refractivity contribution in [3.63, 3.8) is 0 Å². The maximum absolute atomic E-state index is 11.3. The van der Waals surface area contributed by atoms with Gasteiger partial charge in [0.05, 0.1) is 0 Å². The number of carbonyl (C=O) groups excluding carboxylic acids is 1. The zero-order chi connectivity index (χ0) is 8.72. The molecule has 12 heavy (non-hydrogen) atoms. The molecule has 1 aliphatic carbocycles. The number of carbonyl (C=O) groups is 1. The monoisotopic (exact) mass is 288 g/mol. The van der Waals surface area contributed by atoms with Gasteiger partial charge in [-0.2, -0.15) is 0 Å². The highest BCUT2D eigenvalue weighted by Gasteiger charge is 2.26. The Bertz CT molecular complexity index is 346. The Morgan fingerprint density at radius 1 is 1.42 bits per heavy atom. The third kappa shape index (κ3) is 1.25. The van der Waals surface area contributed by atoms with Crippen molar-refractivity contribution in [2.24, 2.45) is 0 Å². The van der Waals surface area contributed by atoms with E-state index in [2.05, 4.69) is 31.9 Å². The van der Waals surface area contributed by atoms with Gasteiger partial charge in [-0.15, -0.1) is 0 Å². The molecule has 0 radical (unpaired) electrons. The minimum atomic E-state index is 0.206.